The van der Waals surface area contributed by atoms with Crippen LogP contribution in [0.25, 0.3) is 0 Å². The Balaban J connectivity index is 1.60. The summed E-state index contributed by atoms with van der Waals surface area (Å²) < 4.78 is 58.6. The number of hydrogen-bond donors (Lipinski definition) is 2. The van der Waals surface area contributed by atoms with E-state index in [2.05, 4.69) is 15.0 Å². The van der Waals surface area contributed by atoms with Gasteiger partial charge < -0.3 is 10.1 Å². The van der Waals surface area contributed by atoms with Crippen LogP contribution in [0.1, 0.15) is 0 Å². The van der Waals surface area contributed by atoms with Crippen LogP contribution < -0.4 is 14.8 Å². The fourth-order valence-corrected chi connectivity index (χ4v) is 3.91. The van der Waals surface area contributed by atoms with Gasteiger partial charge in [-0.25, -0.2) is 22.2 Å². The second kappa shape index (κ2) is 8.31. The first-order valence-electron chi connectivity index (χ1n) is 7.74. The van der Waals surface area contributed by atoms with Crippen LogP contribution in [0.3, 0.4) is 0 Å². The third-order valence-corrected chi connectivity index (χ3v) is 5.54. The van der Waals surface area contributed by atoms with Crippen molar-refractivity contribution in [3.63, 3.8) is 0 Å². The van der Waals surface area contributed by atoms with E-state index in [1.807, 2.05) is 0 Å². The van der Waals surface area contributed by atoms with Crippen LogP contribution >= 0.6 is 11.3 Å². The number of aromatic nitrogens is 1. The molecule has 146 valence electrons. The number of benzene rings is 2. The van der Waals surface area contributed by atoms with Crippen molar-refractivity contribution in [2.45, 2.75) is 4.90 Å². The van der Waals surface area contributed by atoms with E-state index in [4.69, 9.17) is 4.74 Å². The number of halogens is 2. The van der Waals surface area contributed by atoms with E-state index in [1.54, 1.807) is 5.38 Å². The van der Waals surface area contributed by atoms with E-state index in [1.165, 1.54) is 36.5 Å². The highest BCUT2D eigenvalue weighted by Crippen LogP contribution is 2.21. The first kappa shape index (κ1) is 19.7. The van der Waals surface area contributed by atoms with Crippen molar-refractivity contribution >= 4 is 38.1 Å². The Bertz CT molecular complexity index is 1050. The van der Waals surface area contributed by atoms with E-state index >= 15 is 0 Å². The van der Waals surface area contributed by atoms with Crippen molar-refractivity contribution in [2.24, 2.45) is 0 Å². The van der Waals surface area contributed by atoms with Crippen molar-refractivity contribution in [3.8, 4) is 5.75 Å². The maximum absolute atomic E-state index is 13.5. The highest BCUT2D eigenvalue weighted by molar-refractivity contribution is 7.93. The highest BCUT2D eigenvalue weighted by Gasteiger charge is 2.16. The summed E-state index contributed by atoms with van der Waals surface area (Å²) in [4.78, 5) is 15.7. The van der Waals surface area contributed by atoms with Crippen molar-refractivity contribution in [3.05, 3.63) is 65.7 Å². The minimum Gasteiger partial charge on any atom is -0.478 e. The van der Waals surface area contributed by atoms with Gasteiger partial charge in [-0.2, -0.15) is 0 Å². The molecule has 0 unspecified atom stereocenters. The van der Waals surface area contributed by atoms with Gasteiger partial charge in [0.15, 0.2) is 29.1 Å². The molecule has 0 aliphatic carbocycles. The summed E-state index contributed by atoms with van der Waals surface area (Å²) in [6, 6.07) is 8.53. The van der Waals surface area contributed by atoms with Gasteiger partial charge in [-0.1, -0.05) is 6.07 Å². The molecule has 28 heavy (non-hydrogen) atoms. The molecule has 2 aromatic carbocycles. The Labute approximate surface area is 163 Å². The summed E-state index contributed by atoms with van der Waals surface area (Å²) in [6.45, 7) is -0.622. The lowest BCUT2D eigenvalue weighted by Gasteiger charge is -2.10. The zero-order valence-corrected chi connectivity index (χ0v) is 15.7. The number of ether oxygens (including phenoxy) is 1. The van der Waals surface area contributed by atoms with E-state index in [-0.39, 0.29) is 15.7 Å². The van der Waals surface area contributed by atoms with Gasteiger partial charge in [0.25, 0.3) is 15.9 Å². The molecule has 0 saturated carbocycles. The molecule has 3 aromatic rings. The first-order chi connectivity index (χ1) is 13.3. The molecular weight excluding hydrogens is 412 g/mol. The number of carbonyl (C=O) groups excluding carboxylic acids is 1. The number of anilines is 2. The molecule has 3 rings (SSSR count). The third kappa shape index (κ3) is 4.81. The highest BCUT2D eigenvalue weighted by atomic mass is 32.2. The molecule has 1 heterocycles. The largest absolute Gasteiger partial charge is 0.478 e. The van der Waals surface area contributed by atoms with Crippen molar-refractivity contribution < 1.29 is 26.7 Å². The van der Waals surface area contributed by atoms with E-state index in [9.17, 15) is 22.0 Å². The van der Waals surface area contributed by atoms with Crippen LogP contribution in [0, 0.1) is 11.6 Å². The molecule has 11 heteroatoms. The molecule has 0 saturated heterocycles. The van der Waals surface area contributed by atoms with Gasteiger partial charge in [-0.05, 0) is 36.4 Å². The lowest BCUT2D eigenvalue weighted by molar-refractivity contribution is -0.118. The summed E-state index contributed by atoms with van der Waals surface area (Å²) in [5, 5.41) is 4.30. The van der Waals surface area contributed by atoms with Gasteiger partial charge in [-0.15, -0.1) is 11.3 Å². The molecule has 0 atom stereocenters. The average Bonchev–Trinajstić information content (AvgIpc) is 3.14. The number of carbonyl (C=O) groups is 1. The Kier molecular flexibility index (Phi) is 5.85. The van der Waals surface area contributed by atoms with Gasteiger partial charge in [0, 0.05) is 17.3 Å². The maximum atomic E-state index is 13.5. The van der Waals surface area contributed by atoms with Crippen molar-refractivity contribution in [2.75, 3.05) is 16.6 Å². The molecule has 0 bridgehead atoms. The van der Waals surface area contributed by atoms with Crippen LogP contribution in [0.15, 0.2) is 58.9 Å². The molecule has 0 aliphatic heterocycles. The van der Waals surface area contributed by atoms with Gasteiger partial charge in [-0.3, -0.25) is 9.52 Å². The zero-order chi connectivity index (χ0) is 20.1. The molecule has 7 nitrogen and oxygen atoms in total. The molecule has 0 fully saturated rings. The van der Waals surface area contributed by atoms with E-state index in [0.29, 0.717) is 0 Å². The normalized spacial score (nSPS) is 11.1. The predicted octanol–water partition coefficient (Wildman–Crippen LogP) is 3.24. The van der Waals surface area contributed by atoms with Gasteiger partial charge in [0.1, 0.15) is 0 Å². The van der Waals surface area contributed by atoms with Gasteiger partial charge in [0.05, 0.1) is 4.90 Å². The van der Waals surface area contributed by atoms with Crippen molar-refractivity contribution in [1.29, 1.82) is 0 Å². The Hall–Kier alpha value is -3.05. The summed E-state index contributed by atoms with van der Waals surface area (Å²) in [5.74, 6) is -3.16. The lowest BCUT2D eigenvalue weighted by Crippen LogP contribution is -2.21. The molecule has 2 N–H and O–H groups in total. The number of sulfonamides is 1. The Morgan fingerprint density at radius 2 is 1.79 bits per heavy atom. The molecule has 0 spiro atoms. The summed E-state index contributed by atoms with van der Waals surface area (Å²) in [6.07, 6.45) is 1.47. The number of thiazole rings is 1. The van der Waals surface area contributed by atoms with Crippen molar-refractivity contribution in [1.82, 2.24) is 4.98 Å². The second-order valence-electron chi connectivity index (χ2n) is 5.35. The second-order valence-corrected chi connectivity index (χ2v) is 7.93. The number of nitrogens with zero attached hydrogens (tertiary/aromatic N) is 1. The quantitative estimate of drug-likeness (QED) is 0.606. The first-order valence-corrected chi connectivity index (χ1v) is 10.1. The van der Waals surface area contributed by atoms with Crippen LogP contribution in [0.4, 0.5) is 19.6 Å². The van der Waals surface area contributed by atoms with Crippen LogP contribution in [0.2, 0.25) is 0 Å². The average molecular weight is 425 g/mol. The molecule has 0 radical (unpaired) electrons. The predicted molar refractivity (Wildman–Crippen MR) is 99.8 cm³/mol. The minimum absolute atomic E-state index is 0.0228. The summed E-state index contributed by atoms with van der Waals surface area (Å²) in [5.41, 5.74) is 0.288. The fraction of sp³-hybridized carbons (Fsp3) is 0.0588. The number of para-hydroxylation sites is 1. The number of rotatable bonds is 7. The molecule has 1 aromatic heterocycles. The lowest BCUT2D eigenvalue weighted by atomic mass is 10.3. The van der Waals surface area contributed by atoms with Gasteiger partial charge >= 0.3 is 0 Å². The van der Waals surface area contributed by atoms with Crippen LogP contribution in [-0.4, -0.2) is 25.9 Å². The SMILES string of the molecule is O=C(COc1c(F)cccc1F)Nc1ccc(S(=O)(=O)Nc2nccs2)cc1. The molecular formula is C17H13F2N3O4S2. The monoisotopic (exact) mass is 425 g/mol. The Morgan fingerprint density at radius 3 is 2.39 bits per heavy atom. The number of amides is 1. The third-order valence-electron chi connectivity index (χ3n) is 3.37. The van der Waals surface area contributed by atoms with E-state index < -0.39 is 39.9 Å². The van der Waals surface area contributed by atoms with Crippen LogP contribution in [-0.2, 0) is 14.8 Å². The summed E-state index contributed by atoms with van der Waals surface area (Å²) >= 11 is 1.14. The zero-order valence-electron chi connectivity index (χ0n) is 14.1. The maximum Gasteiger partial charge on any atom is 0.263 e. The summed E-state index contributed by atoms with van der Waals surface area (Å²) in [7, 11) is -3.81. The topological polar surface area (TPSA) is 97.4 Å². The Morgan fingerprint density at radius 1 is 1.11 bits per heavy atom. The fourth-order valence-electron chi connectivity index (χ4n) is 2.12. The van der Waals surface area contributed by atoms with Gasteiger partial charge in [0.2, 0.25) is 0 Å². The smallest absolute Gasteiger partial charge is 0.263 e. The molecule has 1 amide bonds. The van der Waals surface area contributed by atoms with E-state index in [0.717, 1.165) is 23.5 Å². The standard InChI is InChI=1S/C17H13F2N3O4S2/c18-13-2-1-3-14(19)16(13)26-10-15(23)21-11-4-6-12(7-5-11)28(24,25)22-17-20-8-9-27-17/h1-9H,10H2,(H,20,22)(H,21,23). The van der Waals surface area contributed by atoms with Crippen LogP contribution in [0.5, 0.6) is 5.75 Å². The molecule has 0 aliphatic rings. The number of nitrogens with one attached hydrogen (secondary N) is 2. The minimum atomic E-state index is -3.81. The number of hydrogen-bond acceptors (Lipinski definition) is 6.